The highest BCUT2D eigenvalue weighted by atomic mass is 16.5. The van der Waals surface area contributed by atoms with Crippen molar-refractivity contribution in [2.75, 3.05) is 32.6 Å². The molecule has 1 heterocycles. The van der Waals surface area contributed by atoms with Gasteiger partial charge in [-0.3, -0.25) is 4.79 Å². The van der Waals surface area contributed by atoms with E-state index in [0.717, 1.165) is 18.2 Å². The first-order chi connectivity index (χ1) is 11.7. The Morgan fingerprint density at radius 3 is 2.67 bits per heavy atom. The van der Waals surface area contributed by atoms with Crippen LogP contribution in [0, 0.1) is 5.92 Å². The molecule has 1 amide bonds. The quantitative estimate of drug-likeness (QED) is 0.865. The number of benzene rings is 1. The van der Waals surface area contributed by atoms with Crippen LogP contribution in [0.2, 0.25) is 0 Å². The molecule has 0 spiro atoms. The van der Waals surface area contributed by atoms with Gasteiger partial charge < -0.3 is 19.7 Å². The van der Waals surface area contributed by atoms with E-state index in [1.54, 1.807) is 14.2 Å². The summed E-state index contributed by atoms with van der Waals surface area (Å²) in [6.07, 6.45) is 7.93. The minimum Gasteiger partial charge on any atom is -0.493 e. The maximum atomic E-state index is 12.5. The van der Waals surface area contributed by atoms with Crippen LogP contribution in [0.3, 0.4) is 0 Å². The lowest BCUT2D eigenvalue weighted by Gasteiger charge is -2.40. The molecule has 0 aromatic heterocycles. The number of carbonyl (C=O) groups excluding carboxylic acids is 1. The molecule has 1 unspecified atom stereocenters. The number of nitrogens with one attached hydrogen (secondary N) is 2. The Morgan fingerprint density at radius 2 is 1.88 bits per heavy atom. The van der Waals surface area contributed by atoms with Gasteiger partial charge in [-0.05, 0) is 44.2 Å². The zero-order valence-corrected chi connectivity index (χ0v) is 14.8. The fourth-order valence-electron chi connectivity index (χ4n) is 4.41. The van der Waals surface area contributed by atoms with Crippen molar-refractivity contribution in [2.45, 2.75) is 44.6 Å². The Morgan fingerprint density at radius 1 is 1.12 bits per heavy atom. The van der Waals surface area contributed by atoms with Crippen LogP contribution >= 0.6 is 0 Å². The average molecular weight is 333 g/mol. The van der Waals surface area contributed by atoms with Gasteiger partial charge in [0.2, 0.25) is 0 Å². The number of likely N-dealkylation sites (tertiary alicyclic amines) is 1. The van der Waals surface area contributed by atoms with E-state index in [9.17, 15) is 4.79 Å². The predicted octanol–water partition coefficient (Wildman–Crippen LogP) is 1.88. The van der Waals surface area contributed by atoms with Crippen LogP contribution in [-0.2, 0) is 4.79 Å². The van der Waals surface area contributed by atoms with E-state index in [1.165, 1.54) is 43.4 Å². The molecule has 5 nitrogen and oxygen atoms in total. The lowest BCUT2D eigenvalue weighted by molar-refractivity contribution is -0.928. The average Bonchev–Trinajstić information content (AvgIpc) is 2.62. The molecule has 2 aliphatic rings. The Labute approximate surface area is 144 Å². The summed E-state index contributed by atoms with van der Waals surface area (Å²) in [5, 5.41) is 3.02. The number of hydrogen-bond donors (Lipinski definition) is 2. The molecule has 1 aliphatic heterocycles. The van der Waals surface area contributed by atoms with Crippen LogP contribution in [0.15, 0.2) is 18.2 Å². The highest BCUT2D eigenvalue weighted by molar-refractivity contribution is 5.91. The topological polar surface area (TPSA) is 52.0 Å². The van der Waals surface area contributed by atoms with Crippen LogP contribution in [0.25, 0.3) is 0 Å². The molecule has 1 aliphatic carbocycles. The van der Waals surface area contributed by atoms with Gasteiger partial charge >= 0.3 is 0 Å². The number of fused-ring (bicyclic) bond motifs is 1. The highest BCUT2D eigenvalue weighted by Gasteiger charge is 2.37. The van der Waals surface area contributed by atoms with Crippen molar-refractivity contribution < 1.29 is 19.2 Å². The van der Waals surface area contributed by atoms with Gasteiger partial charge in [-0.15, -0.1) is 0 Å². The number of methoxy groups -OCH3 is 2. The van der Waals surface area contributed by atoms with E-state index in [0.29, 0.717) is 24.1 Å². The van der Waals surface area contributed by atoms with E-state index in [2.05, 4.69) is 5.32 Å². The van der Waals surface area contributed by atoms with Crippen molar-refractivity contribution >= 4 is 11.6 Å². The second-order valence-electron chi connectivity index (χ2n) is 7.00. The van der Waals surface area contributed by atoms with Crippen molar-refractivity contribution in [3.63, 3.8) is 0 Å². The summed E-state index contributed by atoms with van der Waals surface area (Å²) in [4.78, 5) is 14.0. The largest absolute Gasteiger partial charge is 0.493 e. The minimum atomic E-state index is 0.0865. The summed E-state index contributed by atoms with van der Waals surface area (Å²) < 4.78 is 10.5. The molecule has 2 fully saturated rings. The van der Waals surface area contributed by atoms with Gasteiger partial charge in [0.15, 0.2) is 18.0 Å². The first kappa shape index (κ1) is 17.1. The molecule has 3 atom stereocenters. The third-order valence-corrected chi connectivity index (χ3v) is 5.56. The summed E-state index contributed by atoms with van der Waals surface area (Å²) in [6, 6.07) is 6.17. The Bertz CT molecular complexity index is 574. The molecule has 2 N–H and O–H groups in total. The maximum Gasteiger partial charge on any atom is 0.279 e. The summed E-state index contributed by atoms with van der Waals surface area (Å²) in [5.41, 5.74) is 0.759. The standard InChI is InChI=1S/C19H28N2O3/c1-23-17-10-9-15(12-18(17)24-2)20-19(22)13-21-11-5-7-14-6-3-4-8-16(14)21/h9-10,12,14,16H,3-8,11,13H2,1-2H3,(H,20,22)/p+1/t14-,16-/m0/s1. The zero-order chi connectivity index (χ0) is 16.9. The Kier molecular flexibility index (Phi) is 5.61. The molecular weight excluding hydrogens is 304 g/mol. The maximum absolute atomic E-state index is 12.5. The van der Waals surface area contributed by atoms with Gasteiger partial charge in [0.05, 0.1) is 26.8 Å². The molecule has 3 rings (SSSR count). The van der Waals surface area contributed by atoms with Crippen molar-refractivity contribution in [3.05, 3.63) is 18.2 Å². The summed E-state index contributed by atoms with van der Waals surface area (Å²) in [7, 11) is 3.21. The summed E-state index contributed by atoms with van der Waals surface area (Å²) >= 11 is 0. The second kappa shape index (κ2) is 7.88. The van der Waals surface area contributed by atoms with Gasteiger partial charge in [0.1, 0.15) is 0 Å². The number of rotatable bonds is 5. The predicted molar refractivity (Wildman–Crippen MR) is 93.9 cm³/mol. The second-order valence-corrected chi connectivity index (χ2v) is 7.00. The first-order valence-electron chi connectivity index (χ1n) is 9.07. The summed E-state index contributed by atoms with van der Waals surface area (Å²) in [6.45, 7) is 1.69. The van der Waals surface area contributed by atoms with E-state index in [4.69, 9.17) is 9.47 Å². The lowest BCUT2D eigenvalue weighted by atomic mass is 9.78. The molecule has 24 heavy (non-hydrogen) atoms. The monoisotopic (exact) mass is 333 g/mol. The number of quaternary nitrogens is 1. The smallest absolute Gasteiger partial charge is 0.279 e. The van der Waals surface area contributed by atoms with Crippen LogP contribution in [0.1, 0.15) is 38.5 Å². The SMILES string of the molecule is COc1ccc(NC(=O)C[NH+]2CCC[C@@H]3CCCC[C@@H]32)cc1OC. The van der Waals surface area contributed by atoms with Crippen LogP contribution in [0.4, 0.5) is 5.69 Å². The van der Waals surface area contributed by atoms with Crippen molar-refractivity contribution in [2.24, 2.45) is 5.92 Å². The fraction of sp³-hybridized carbons (Fsp3) is 0.632. The number of hydrogen-bond acceptors (Lipinski definition) is 3. The van der Waals surface area contributed by atoms with E-state index < -0.39 is 0 Å². The first-order valence-corrected chi connectivity index (χ1v) is 9.07. The molecule has 0 radical (unpaired) electrons. The van der Waals surface area contributed by atoms with Gasteiger partial charge in [0.25, 0.3) is 5.91 Å². The molecular formula is C19H29N2O3+. The third kappa shape index (κ3) is 3.83. The zero-order valence-electron chi connectivity index (χ0n) is 14.8. The number of amides is 1. The number of anilines is 1. The summed E-state index contributed by atoms with van der Waals surface area (Å²) in [5.74, 6) is 2.22. The molecule has 132 valence electrons. The lowest BCUT2D eigenvalue weighted by Crippen LogP contribution is -3.18. The Balaban J connectivity index is 1.60. The molecule has 1 aromatic carbocycles. The van der Waals surface area contributed by atoms with Crippen molar-refractivity contribution in [3.8, 4) is 11.5 Å². The van der Waals surface area contributed by atoms with Crippen molar-refractivity contribution in [1.82, 2.24) is 0 Å². The third-order valence-electron chi connectivity index (χ3n) is 5.56. The number of ether oxygens (including phenoxy) is 2. The van der Waals surface area contributed by atoms with Gasteiger partial charge in [-0.1, -0.05) is 6.42 Å². The molecule has 1 saturated carbocycles. The molecule has 5 heteroatoms. The van der Waals surface area contributed by atoms with Crippen LogP contribution in [0.5, 0.6) is 11.5 Å². The number of piperidine rings is 1. The van der Waals surface area contributed by atoms with Crippen LogP contribution < -0.4 is 19.7 Å². The van der Waals surface area contributed by atoms with Crippen molar-refractivity contribution in [1.29, 1.82) is 0 Å². The number of carbonyl (C=O) groups is 1. The highest BCUT2D eigenvalue weighted by Crippen LogP contribution is 2.30. The molecule has 1 aromatic rings. The fourth-order valence-corrected chi connectivity index (χ4v) is 4.41. The molecule has 0 bridgehead atoms. The van der Waals surface area contributed by atoms with Gasteiger partial charge in [0, 0.05) is 17.7 Å². The minimum absolute atomic E-state index is 0.0865. The normalized spacial score (nSPS) is 26.3. The van der Waals surface area contributed by atoms with E-state index >= 15 is 0 Å². The Hall–Kier alpha value is -1.75. The van der Waals surface area contributed by atoms with Gasteiger partial charge in [-0.2, -0.15) is 0 Å². The van der Waals surface area contributed by atoms with E-state index in [-0.39, 0.29) is 5.91 Å². The van der Waals surface area contributed by atoms with Gasteiger partial charge in [-0.25, -0.2) is 0 Å². The molecule has 1 saturated heterocycles. The van der Waals surface area contributed by atoms with Crippen LogP contribution in [-0.4, -0.2) is 39.3 Å². The van der Waals surface area contributed by atoms with E-state index in [1.807, 2.05) is 18.2 Å².